The first-order valence-corrected chi connectivity index (χ1v) is 11.0. The van der Waals surface area contributed by atoms with Crippen LogP contribution < -0.4 is 10.2 Å². The van der Waals surface area contributed by atoms with Crippen molar-refractivity contribution in [1.29, 1.82) is 0 Å². The first kappa shape index (κ1) is 19.9. The second-order valence-electron chi connectivity index (χ2n) is 7.46. The molecule has 1 saturated heterocycles. The zero-order valence-electron chi connectivity index (χ0n) is 17.1. The summed E-state index contributed by atoms with van der Waals surface area (Å²) in [5.41, 5.74) is 4.79. The number of nitrogens with zero attached hydrogens (tertiary/aromatic N) is 3. The summed E-state index contributed by atoms with van der Waals surface area (Å²) >= 11 is 1.64. The first-order chi connectivity index (χ1) is 14.1. The van der Waals surface area contributed by atoms with E-state index in [-0.39, 0.29) is 12.3 Å². The fourth-order valence-corrected chi connectivity index (χ4v) is 4.20. The highest BCUT2D eigenvalue weighted by Gasteiger charge is 2.30. The molecular formula is C22H28N5OS+. The summed E-state index contributed by atoms with van der Waals surface area (Å²) in [6, 6.07) is 17.0. The van der Waals surface area contributed by atoms with E-state index in [2.05, 4.69) is 94.9 Å². The lowest BCUT2D eigenvalue weighted by atomic mass is 10.1. The lowest BCUT2D eigenvalue weighted by Crippen LogP contribution is -2.82. The van der Waals surface area contributed by atoms with Crippen LogP contribution in [0.1, 0.15) is 24.3 Å². The second-order valence-corrected chi connectivity index (χ2v) is 8.45. The molecule has 152 valence electrons. The Morgan fingerprint density at radius 3 is 2.59 bits per heavy atom. The van der Waals surface area contributed by atoms with Crippen LogP contribution in [0.15, 0.2) is 53.7 Å². The van der Waals surface area contributed by atoms with Crippen LogP contribution in [0.5, 0.6) is 0 Å². The molecule has 2 heterocycles. The fourth-order valence-electron chi connectivity index (χ4n) is 3.38. The molecule has 3 aromatic rings. The number of benzene rings is 2. The van der Waals surface area contributed by atoms with Crippen LogP contribution >= 0.6 is 11.8 Å². The van der Waals surface area contributed by atoms with Gasteiger partial charge in [-0.1, -0.05) is 43.0 Å². The van der Waals surface area contributed by atoms with Gasteiger partial charge in [-0.15, -0.1) is 5.10 Å². The van der Waals surface area contributed by atoms with Crippen LogP contribution in [0.25, 0.3) is 11.4 Å². The molecule has 0 saturated carbocycles. The second kappa shape index (κ2) is 8.98. The minimum atomic E-state index is 0.0663. The maximum atomic E-state index is 6.23. The zero-order chi connectivity index (χ0) is 20.2. The summed E-state index contributed by atoms with van der Waals surface area (Å²) in [5, 5.41) is 10.4. The quantitative estimate of drug-likeness (QED) is 0.586. The Bertz CT molecular complexity index is 923. The molecule has 1 aliphatic rings. The molecule has 29 heavy (non-hydrogen) atoms. The lowest BCUT2D eigenvalue weighted by Gasteiger charge is -2.14. The van der Waals surface area contributed by atoms with Gasteiger partial charge in [0, 0.05) is 36.7 Å². The molecule has 4 rings (SSSR count). The molecule has 2 aromatic carbocycles. The monoisotopic (exact) mass is 410 g/mol. The van der Waals surface area contributed by atoms with E-state index in [9.17, 15) is 0 Å². The van der Waals surface area contributed by atoms with Gasteiger partial charge in [0.1, 0.15) is 12.6 Å². The normalized spacial score (nSPS) is 18.9. The third-order valence-corrected chi connectivity index (χ3v) is 6.17. The summed E-state index contributed by atoms with van der Waals surface area (Å²) in [7, 11) is 4.10. The number of hydrogen-bond acceptors (Lipinski definition) is 5. The van der Waals surface area contributed by atoms with Gasteiger partial charge in [0.25, 0.3) is 0 Å². The standard InChI is InChI=1S/C22H27N5OS/c1-4-15-5-7-16(8-6-15)20-24-22(26-25-20)29-14-19-13-23-21(28-19)17-9-11-18(12-10-17)27(2)3/h5-12,19,21,23H,4,13-14H2,1-3H3,(H,24,25,26)/p+1/t19-,21-/m0/s1. The van der Waals surface area contributed by atoms with E-state index in [1.807, 2.05) is 0 Å². The third-order valence-electron chi connectivity index (χ3n) is 5.19. The lowest BCUT2D eigenvalue weighted by molar-refractivity contribution is -0.697. The Kier molecular flexibility index (Phi) is 6.18. The van der Waals surface area contributed by atoms with Crippen LogP contribution in [-0.4, -0.2) is 47.7 Å². The van der Waals surface area contributed by atoms with Gasteiger partial charge in [0.2, 0.25) is 11.4 Å². The molecule has 3 N–H and O–H groups in total. The van der Waals surface area contributed by atoms with Gasteiger partial charge in [-0.3, -0.25) is 5.10 Å². The predicted octanol–water partition coefficient (Wildman–Crippen LogP) is 2.85. The Labute approximate surface area is 176 Å². The number of anilines is 1. The molecule has 1 aromatic heterocycles. The van der Waals surface area contributed by atoms with Crippen molar-refractivity contribution >= 4 is 17.4 Å². The number of quaternary nitrogens is 1. The van der Waals surface area contributed by atoms with Gasteiger partial charge in [-0.25, -0.2) is 4.98 Å². The Morgan fingerprint density at radius 1 is 1.14 bits per heavy atom. The van der Waals surface area contributed by atoms with E-state index >= 15 is 0 Å². The number of thioether (sulfide) groups is 1. The molecule has 2 atom stereocenters. The molecule has 1 fully saturated rings. The van der Waals surface area contributed by atoms with Crippen molar-refractivity contribution in [3.05, 3.63) is 59.7 Å². The van der Waals surface area contributed by atoms with Crippen molar-refractivity contribution < 1.29 is 10.1 Å². The van der Waals surface area contributed by atoms with E-state index in [0.717, 1.165) is 35.3 Å². The van der Waals surface area contributed by atoms with E-state index in [4.69, 9.17) is 4.74 Å². The highest BCUT2D eigenvalue weighted by Crippen LogP contribution is 2.24. The van der Waals surface area contributed by atoms with Crippen LogP contribution in [0.4, 0.5) is 5.69 Å². The van der Waals surface area contributed by atoms with Gasteiger partial charge in [0.15, 0.2) is 5.82 Å². The largest absolute Gasteiger partial charge is 0.378 e. The molecule has 7 heteroatoms. The van der Waals surface area contributed by atoms with Crippen molar-refractivity contribution in [2.24, 2.45) is 0 Å². The number of rotatable bonds is 7. The Balaban J connectivity index is 1.30. The number of aromatic nitrogens is 3. The number of aryl methyl sites for hydroxylation is 1. The molecule has 0 radical (unpaired) electrons. The topological polar surface area (TPSA) is 70.7 Å². The van der Waals surface area contributed by atoms with Gasteiger partial charge in [-0.2, -0.15) is 0 Å². The smallest absolute Gasteiger partial charge is 0.217 e. The maximum Gasteiger partial charge on any atom is 0.217 e. The van der Waals surface area contributed by atoms with E-state index in [1.165, 1.54) is 16.8 Å². The highest BCUT2D eigenvalue weighted by molar-refractivity contribution is 7.99. The minimum Gasteiger partial charge on any atom is -0.378 e. The molecule has 0 amide bonds. The number of H-pyrrole nitrogens is 1. The first-order valence-electron chi connectivity index (χ1n) is 10.0. The van der Waals surface area contributed by atoms with Crippen molar-refractivity contribution in [3.63, 3.8) is 0 Å². The number of nitrogens with one attached hydrogen (secondary N) is 1. The molecule has 1 aliphatic heterocycles. The summed E-state index contributed by atoms with van der Waals surface area (Å²) in [4.78, 5) is 6.73. The Hall–Kier alpha value is -2.35. The van der Waals surface area contributed by atoms with Crippen LogP contribution in [-0.2, 0) is 11.2 Å². The number of hydrogen-bond donors (Lipinski definition) is 2. The molecule has 0 unspecified atom stereocenters. The van der Waals surface area contributed by atoms with Crippen LogP contribution in [0.3, 0.4) is 0 Å². The van der Waals surface area contributed by atoms with Gasteiger partial charge >= 0.3 is 0 Å². The van der Waals surface area contributed by atoms with Crippen LogP contribution in [0.2, 0.25) is 0 Å². The van der Waals surface area contributed by atoms with Gasteiger partial charge in [0.05, 0.1) is 0 Å². The number of ether oxygens (including phenoxy) is 1. The minimum absolute atomic E-state index is 0.0663. The molecule has 0 aliphatic carbocycles. The van der Waals surface area contributed by atoms with Crippen molar-refractivity contribution in [3.8, 4) is 11.4 Å². The zero-order valence-corrected chi connectivity index (χ0v) is 17.9. The maximum absolute atomic E-state index is 6.23. The van der Waals surface area contributed by atoms with Gasteiger partial charge in [-0.05, 0) is 36.2 Å². The highest BCUT2D eigenvalue weighted by atomic mass is 32.2. The van der Waals surface area contributed by atoms with Gasteiger partial charge < -0.3 is 15.0 Å². The summed E-state index contributed by atoms with van der Waals surface area (Å²) in [6.07, 6.45) is 1.29. The summed E-state index contributed by atoms with van der Waals surface area (Å²) < 4.78 is 6.23. The van der Waals surface area contributed by atoms with E-state index in [0.29, 0.717) is 0 Å². The van der Waals surface area contributed by atoms with Crippen molar-refractivity contribution in [1.82, 2.24) is 15.2 Å². The molecular weight excluding hydrogens is 382 g/mol. The SMILES string of the molecule is CCc1ccc(-c2nc(SC[C@@H]3C[NH2+][C@H](c4ccc(N(C)C)cc4)O3)n[nH]2)cc1. The molecule has 6 nitrogen and oxygen atoms in total. The van der Waals surface area contributed by atoms with Crippen LogP contribution in [0, 0.1) is 0 Å². The number of nitrogens with two attached hydrogens (primary N) is 1. The molecule has 0 spiro atoms. The predicted molar refractivity (Wildman–Crippen MR) is 117 cm³/mol. The average Bonchev–Trinajstić information content (AvgIpc) is 3.42. The summed E-state index contributed by atoms with van der Waals surface area (Å²) in [5.74, 6) is 1.65. The van der Waals surface area contributed by atoms with E-state index in [1.54, 1.807) is 11.8 Å². The Morgan fingerprint density at radius 2 is 1.90 bits per heavy atom. The van der Waals surface area contributed by atoms with Crippen molar-refractivity contribution in [2.75, 3.05) is 31.3 Å². The average molecular weight is 411 g/mol. The summed E-state index contributed by atoms with van der Waals surface area (Å²) in [6.45, 7) is 3.10. The fraction of sp³-hybridized carbons (Fsp3) is 0.364. The van der Waals surface area contributed by atoms with E-state index < -0.39 is 0 Å². The molecule has 0 bridgehead atoms. The number of aromatic amines is 1. The third kappa shape index (κ3) is 4.80. The van der Waals surface area contributed by atoms with Crippen molar-refractivity contribution in [2.45, 2.75) is 30.8 Å².